The molecule has 0 aliphatic carbocycles. The molecule has 0 bridgehead atoms. The molecular formula is C17H18N2O7S. The number of fused-ring (bicyclic) bond motifs is 1. The van der Waals surface area contributed by atoms with Gasteiger partial charge >= 0.3 is 5.97 Å². The highest BCUT2D eigenvalue weighted by atomic mass is 32.2. The molecule has 4 N–H and O–H groups in total. The lowest BCUT2D eigenvalue weighted by molar-refractivity contribution is -0.170. The van der Waals surface area contributed by atoms with Gasteiger partial charge in [-0.15, -0.1) is 11.8 Å². The van der Waals surface area contributed by atoms with E-state index in [0.717, 1.165) is 35.7 Å². The molecule has 1 aromatic rings. The molecule has 1 aromatic carbocycles. The van der Waals surface area contributed by atoms with Gasteiger partial charge in [0.25, 0.3) is 11.8 Å². The molecule has 3 atom stereocenters. The Morgan fingerprint density at radius 3 is 2.41 bits per heavy atom. The van der Waals surface area contributed by atoms with Crippen LogP contribution in [0.2, 0.25) is 0 Å². The van der Waals surface area contributed by atoms with Gasteiger partial charge in [0.2, 0.25) is 5.54 Å². The molecule has 27 heavy (non-hydrogen) atoms. The summed E-state index contributed by atoms with van der Waals surface area (Å²) in [7, 11) is 0. The summed E-state index contributed by atoms with van der Waals surface area (Å²) in [6.07, 6.45) is 0. The van der Waals surface area contributed by atoms with Gasteiger partial charge in [-0.2, -0.15) is 0 Å². The minimum atomic E-state index is -1.93. The van der Waals surface area contributed by atoms with Crippen LogP contribution in [0.25, 0.3) is 0 Å². The highest BCUT2D eigenvalue weighted by Gasteiger charge is 2.74. The fourth-order valence-corrected chi connectivity index (χ4v) is 5.29. The third-order valence-electron chi connectivity index (χ3n) is 4.87. The molecule has 2 aliphatic rings. The van der Waals surface area contributed by atoms with Gasteiger partial charge in [-0.3, -0.25) is 14.4 Å². The molecule has 3 rings (SSSR count). The Hall–Kier alpha value is -2.75. The number of ketones is 1. The first-order valence-electron chi connectivity index (χ1n) is 8.02. The Bertz CT molecular complexity index is 884. The number of thioether (sulfide) groups is 1. The number of aromatic hydroxyl groups is 2. The lowest BCUT2D eigenvalue weighted by Gasteiger charge is -2.51. The standard InChI is InChI=1S/C17H18N2O7S/c1-7(20)17(18-12(23)9-6-8(21)4-5-10(9)22)14(26)19-11(13(24)25)16(2,3)27-15(17)19/h4-6,11,15,21-22H,1-3H3,(H,18,23)(H,24,25)/t11-,15+,17?/m0/s1. The number of hydrogen-bond acceptors (Lipinski definition) is 7. The molecule has 0 aromatic heterocycles. The summed E-state index contributed by atoms with van der Waals surface area (Å²) in [6.45, 7) is 4.44. The number of aliphatic carboxylic acids is 1. The summed E-state index contributed by atoms with van der Waals surface area (Å²) in [6, 6.07) is 2.15. The van der Waals surface area contributed by atoms with Crippen molar-refractivity contribution in [1.29, 1.82) is 0 Å². The molecule has 0 radical (unpaired) electrons. The maximum Gasteiger partial charge on any atom is 0.327 e. The lowest BCUT2D eigenvalue weighted by atomic mass is 9.81. The quantitative estimate of drug-likeness (QED) is 0.324. The van der Waals surface area contributed by atoms with Gasteiger partial charge in [0.15, 0.2) is 5.78 Å². The zero-order chi connectivity index (χ0) is 20.3. The van der Waals surface area contributed by atoms with Gasteiger partial charge in [0.05, 0.1) is 5.56 Å². The first-order chi connectivity index (χ1) is 12.4. The monoisotopic (exact) mass is 394 g/mol. The molecule has 2 aliphatic heterocycles. The van der Waals surface area contributed by atoms with Crippen molar-refractivity contribution in [3.8, 4) is 11.5 Å². The number of phenols is 2. The average Bonchev–Trinajstić information content (AvgIpc) is 2.83. The first kappa shape index (κ1) is 19.0. The van der Waals surface area contributed by atoms with Crippen molar-refractivity contribution in [2.45, 2.75) is 42.5 Å². The van der Waals surface area contributed by atoms with Crippen molar-refractivity contribution in [3.63, 3.8) is 0 Å². The van der Waals surface area contributed by atoms with E-state index in [-0.39, 0.29) is 11.3 Å². The van der Waals surface area contributed by atoms with Gasteiger partial charge in [-0.1, -0.05) is 0 Å². The number of Topliss-reactive ketones (excluding diaryl/α,β-unsaturated/α-hetero) is 1. The normalized spacial score (nSPS) is 28.3. The number of nitrogens with one attached hydrogen (secondary N) is 1. The summed E-state index contributed by atoms with van der Waals surface area (Å²) in [5, 5.41) is 30.3. The largest absolute Gasteiger partial charge is 0.508 e. The molecule has 0 saturated carbocycles. The average molecular weight is 394 g/mol. The first-order valence-corrected chi connectivity index (χ1v) is 8.90. The number of benzene rings is 1. The summed E-state index contributed by atoms with van der Waals surface area (Å²) < 4.78 is -0.874. The second kappa shape index (κ2) is 5.88. The van der Waals surface area contributed by atoms with Crippen molar-refractivity contribution in [2.24, 2.45) is 0 Å². The number of β-lactam (4-membered cyclic amide) rings is 1. The zero-order valence-corrected chi connectivity index (χ0v) is 15.5. The Labute approximate surface area is 158 Å². The topological polar surface area (TPSA) is 144 Å². The van der Waals surface area contributed by atoms with Crippen LogP contribution in [-0.2, 0) is 14.4 Å². The molecule has 2 saturated heterocycles. The van der Waals surface area contributed by atoms with Crippen LogP contribution < -0.4 is 5.32 Å². The van der Waals surface area contributed by atoms with E-state index >= 15 is 0 Å². The number of hydrogen-bond donors (Lipinski definition) is 4. The van der Waals surface area contributed by atoms with Crippen LogP contribution in [0.15, 0.2) is 18.2 Å². The van der Waals surface area contributed by atoms with Gasteiger partial charge in [0, 0.05) is 4.75 Å². The molecule has 9 nitrogen and oxygen atoms in total. The van der Waals surface area contributed by atoms with Crippen molar-refractivity contribution in [1.82, 2.24) is 10.2 Å². The summed E-state index contributed by atoms with van der Waals surface area (Å²) in [5.41, 5.74) is -2.24. The minimum Gasteiger partial charge on any atom is -0.508 e. The van der Waals surface area contributed by atoms with E-state index in [4.69, 9.17) is 0 Å². The van der Waals surface area contributed by atoms with Crippen molar-refractivity contribution >= 4 is 35.3 Å². The Morgan fingerprint density at radius 2 is 1.85 bits per heavy atom. The second-order valence-corrected chi connectivity index (χ2v) is 8.78. The van der Waals surface area contributed by atoms with E-state index in [9.17, 15) is 34.5 Å². The zero-order valence-electron chi connectivity index (χ0n) is 14.7. The molecule has 2 fully saturated rings. The molecule has 2 heterocycles. The Kier molecular flexibility index (Phi) is 4.14. The van der Waals surface area contributed by atoms with Crippen LogP contribution in [0.4, 0.5) is 0 Å². The fraction of sp³-hybridized carbons (Fsp3) is 0.412. The van der Waals surface area contributed by atoms with Gasteiger partial charge in [-0.05, 0) is 39.0 Å². The molecule has 0 spiro atoms. The number of amides is 2. The van der Waals surface area contributed by atoms with Crippen molar-refractivity contribution in [2.75, 3.05) is 0 Å². The predicted molar refractivity (Wildman–Crippen MR) is 94.4 cm³/mol. The Balaban J connectivity index is 1.99. The van der Waals surface area contributed by atoms with E-state index in [1.807, 2.05) is 0 Å². The number of carbonyl (C=O) groups is 4. The fourth-order valence-electron chi connectivity index (χ4n) is 3.54. The second-order valence-electron chi connectivity index (χ2n) is 7.05. The van der Waals surface area contributed by atoms with Crippen LogP contribution in [0.5, 0.6) is 11.5 Å². The van der Waals surface area contributed by atoms with E-state index in [2.05, 4.69) is 5.32 Å². The van der Waals surface area contributed by atoms with Gasteiger partial charge in [0.1, 0.15) is 22.9 Å². The molecule has 2 amide bonds. The highest BCUT2D eigenvalue weighted by molar-refractivity contribution is 8.01. The SMILES string of the molecule is CC(=O)C1(NC(=O)c2cc(O)ccc2O)C(=O)N2[C@@H](C(=O)O)C(C)(C)S[C@@H]21. The predicted octanol–water partition coefficient (Wildman–Crippen LogP) is 0.302. The lowest BCUT2D eigenvalue weighted by Crippen LogP contribution is -2.82. The Morgan fingerprint density at radius 1 is 1.22 bits per heavy atom. The molecule has 144 valence electrons. The molecule has 10 heteroatoms. The van der Waals surface area contributed by atoms with E-state index in [0.29, 0.717) is 0 Å². The van der Waals surface area contributed by atoms with Crippen molar-refractivity contribution < 1.29 is 34.5 Å². The van der Waals surface area contributed by atoms with Crippen LogP contribution >= 0.6 is 11.8 Å². The summed E-state index contributed by atoms with van der Waals surface area (Å²) in [5.74, 6) is -4.29. The minimum absolute atomic E-state index is 0.279. The maximum absolute atomic E-state index is 12.8. The number of carbonyl (C=O) groups excluding carboxylic acids is 3. The van der Waals surface area contributed by atoms with Gasteiger partial charge in [-0.25, -0.2) is 4.79 Å². The molecular weight excluding hydrogens is 376 g/mol. The number of carboxylic acid groups (broad SMARTS) is 1. The third kappa shape index (κ3) is 2.54. The number of carboxylic acids is 1. The number of phenolic OH excluding ortho intramolecular Hbond substituents is 2. The van der Waals surface area contributed by atoms with Crippen LogP contribution in [0, 0.1) is 0 Å². The van der Waals surface area contributed by atoms with Crippen LogP contribution in [0.3, 0.4) is 0 Å². The van der Waals surface area contributed by atoms with E-state index in [1.165, 1.54) is 6.07 Å². The van der Waals surface area contributed by atoms with Gasteiger partial charge < -0.3 is 25.5 Å². The maximum atomic E-state index is 12.8. The summed E-state index contributed by atoms with van der Waals surface area (Å²) >= 11 is 1.11. The number of nitrogens with zero attached hydrogens (tertiary/aromatic N) is 1. The van der Waals surface area contributed by atoms with Crippen LogP contribution in [0.1, 0.15) is 31.1 Å². The number of rotatable bonds is 4. The highest BCUT2D eigenvalue weighted by Crippen LogP contribution is 2.55. The van der Waals surface area contributed by atoms with E-state index in [1.54, 1.807) is 13.8 Å². The van der Waals surface area contributed by atoms with Crippen molar-refractivity contribution in [3.05, 3.63) is 23.8 Å². The third-order valence-corrected chi connectivity index (χ3v) is 6.51. The molecule has 1 unspecified atom stereocenters. The summed E-state index contributed by atoms with van der Waals surface area (Å²) in [4.78, 5) is 50.5. The van der Waals surface area contributed by atoms with E-state index < -0.39 is 51.0 Å². The smallest absolute Gasteiger partial charge is 0.327 e. The van der Waals surface area contributed by atoms with Crippen LogP contribution in [-0.4, -0.2) is 65.5 Å².